The largest absolute Gasteiger partial charge is 0.383 e. The van der Waals surface area contributed by atoms with Gasteiger partial charge in [-0.25, -0.2) is 4.99 Å². The van der Waals surface area contributed by atoms with Crippen LogP contribution in [0.2, 0.25) is 0 Å². The van der Waals surface area contributed by atoms with Gasteiger partial charge in [-0.05, 0) is 26.8 Å². The number of hydrogen-bond donors (Lipinski definition) is 3. The maximum absolute atomic E-state index is 10.7. The Morgan fingerprint density at radius 1 is 1.30 bits per heavy atom. The summed E-state index contributed by atoms with van der Waals surface area (Å²) in [5.74, 6) is 1.27. The van der Waals surface area contributed by atoms with E-state index in [9.17, 15) is 5.11 Å². The van der Waals surface area contributed by atoms with Crippen molar-refractivity contribution in [3.63, 3.8) is 0 Å². The molecule has 2 unspecified atom stereocenters. The first kappa shape index (κ1) is 21.7. The second-order valence-electron chi connectivity index (χ2n) is 7.96. The van der Waals surface area contributed by atoms with Gasteiger partial charge in [0.15, 0.2) is 5.96 Å². The summed E-state index contributed by atoms with van der Waals surface area (Å²) in [6.07, 6.45) is 3.52. The first-order valence-electron chi connectivity index (χ1n) is 9.94. The van der Waals surface area contributed by atoms with Gasteiger partial charge in [0, 0.05) is 64.6 Å². The SMILES string of the molecule is CCNC(=NCC(C)(O)c1cnn(C)c1)NCC(C)CN1CCN(C)CC1. The fourth-order valence-electron chi connectivity index (χ4n) is 3.17. The molecule has 1 aliphatic heterocycles. The molecule has 3 N–H and O–H groups in total. The molecule has 0 amide bonds. The van der Waals surface area contributed by atoms with Crippen molar-refractivity contribution >= 4 is 5.96 Å². The first-order chi connectivity index (χ1) is 12.8. The molecule has 1 aromatic rings. The van der Waals surface area contributed by atoms with Crippen molar-refractivity contribution in [1.29, 1.82) is 0 Å². The highest BCUT2D eigenvalue weighted by Gasteiger charge is 2.24. The third-order valence-corrected chi connectivity index (χ3v) is 5.00. The van der Waals surface area contributed by atoms with Gasteiger partial charge in [0.2, 0.25) is 0 Å². The van der Waals surface area contributed by atoms with E-state index in [0.717, 1.165) is 57.3 Å². The minimum atomic E-state index is -1.04. The molecule has 2 atom stereocenters. The number of nitrogens with one attached hydrogen (secondary N) is 2. The molecule has 1 aromatic heterocycles. The van der Waals surface area contributed by atoms with Gasteiger partial charge in [-0.15, -0.1) is 0 Å². The van der Waals surface area contributed by atoms with Gasteiger partial charge in [0.25, 0.3) is 0 Å². The molecular weight excluding hydrogens is 342 g/mol. The highest BCUT2D eigenvalue weighted by atomic mass is 16.3. The number of aromatic nitrogens is 2. The highest BCUT2D eigenvalue weighted by molar-refractivity contribution is 5.79. The van der Waals surface area contributed by atoms with E-state index in [1.165, 1.54) is 0 Å². The molecular formula is C19H37N7O. The number of aliphatic imine (C=N–C) groups is 1. The zero-order chi connectivity index (χ0) is 19.9. The minimum absolute atomic E-state index is 0.279. The Morgan fingerprint density at radius 2 is 2.00 bits per heavy atom. The Bertz CT molecular complexity index is 591. The van der Waals surface area contributed by atoms with Crippen LogP contribution in [0.5, 0.6) is 0 Å². The van der Waals surface area contributed by atoms with E-state index >= 15 is 0 Å². The Kier molecular flexibility index (Phi) is 8.07. The summed E-state index contributed by atoms with van der Waals surface area (Å²) in [7, 11) is 4.03. The summed E-state index contributed by atoms with van der Waals surface area (Å²) in [6, 6.07) is 0. The number of guanidine groups is 1. The van der Waals surface area contributed by atoms with Crippen LogP contribution in [0.1, 0.15) is 26.3 Å². The molecule has 0 spiro atoms. The molecule has 1 fully saturated rings. The number of aliphatic hydroxyl groups is 1. The van der Waals surface area contributed by atoms with Gasteiger partial charge in [-0.1, -0.05) is 6.92 Å². The minimum Gasteiger partial charge on any atom is -0.383 e. The summed E-state index contributed by atoms with van der Waals surface area (Å²) in [6.45, 7) is 13.7. The van der Waals surface area contributed by atoms with Gasteiger partial charge < -0.3 is 25.5 Å². The summed E-state index contributed by atoms with van der Waals surface area (Å²) < 4.78 is 1.69. The molecule has 2 rings (SSSR count). The average Bonchev–Trinajstić information content (AvgIpc) is 3.07. The summed E-state index contributed by atoms with van der Waals surface area (Å²) >= 11 is 0. The van der Waals surface area contributed by atoms with E-state index in [2.05, 4.69) is 44.5 Å². The predicted molar refractivity (Wildman–Crippen MR) is 110 cm³/mol. The van der Waals surface area contributed by atoms with E-state index in [0.29, 0.717) is 5.92 Å². The van der Waals surface area contributed by atoms with Gasteiger partial charge in [0.1, 0.15) is 5.60 Å². The first-order valence-corrected chi connectivity index (χ1v) is 9.94. The molecule has 27 heavy (non-hydrogen) atoms. The quantitative estimate of drug-likeness (QED) is 0.438. The van der Waals surface area contributed by atoms with Crippen LogP contribution in [0.25, 0.3) is 0 Å². The molecule has 0 radical (unpaired) electrons. The number of aryl methyl sites for hydroxylation is 1. The Hall–Kier alpha value is -1.64. The molecule has 0 aromatic carbocycles. The van der Waals surface area contributed by atoms with Crippen LogP contribution in [0, 0.1) is 5.92 Å². The van der Waals surface area contributed by atoms with Crippen LogP contribution in [0.15, 0.2) is 17.4 Å². The van der Waals surface area contributed by atoms with Crippen molar-refractivity contribution in [3.05, 3.63) is 18.0 Å². The Labute approximate surface area is 163 Å². The molecule has 2 heterocycles. The lowest BCUT2D eigenvalue weighted by molar-refractivity contribution is 0.0671. The van der Waals surface area contributed by atoms with E-state index in [4.69, 9.17) is 0 Å². The zero-order valence-corrected chi connectivity index (χ0v) is 17.6. The fraction of sp³-hybridized carbons (Fsp3) is 0.789. The standard InChI is InChI=1S/C19H37N7O/c1-6-20-18(22-15-19(3,27)17-12-23-25(5)14-17)21-11-16(2)13-26-9-7-24(4)8-10-26/h12,14,16,27H,6-11,13,15H2,1-5H3,(H2,20,21,22). The van der Waals surface area contributed by atoms with Crippen molar-refractivity contribution in [1.82, 2.24) is 30.2 Å². The topological polar surface area (TPSA) is 80.9 Å². The smallest absolute Gasteiger partial charge is 0.191 e. The Balaban J connectivity index is 1.83. The third kappa shape index (κ3) is 7.12. The maximum atomic E-state index is 10.7. The molecule has 8 nitrogen and oxygen atoms in total. The lowest BCUT2D eigenvalue weighted by atomic mass is 10.0. The van der Waals surface area contributed by atoms with E-state index in [1.807, 2.05) is 20.2 Å². The molecule has 0 saturated carbocycles. The summed E-state index contributed by atoms with van der Waals surface area (Å²) in [4.78, 5) is 9.50. The molecule has 154 valence electrons. The van der Waals surface area contributed by atoms with E-state index < -0.39 is 5.60 Å². The lowest BCUT2D eigenvalue weighted by Crippen LogP contribution is -2.47. The summed E-state index contributed by atoms with van der Waals surface area (Å²) in [5, 5.41) is 21.5. The van der Waals surface area contributed by atoms with Crippen LogP contribution in [0.4, 0.5) is 0 Å². The molecule has 0 aliphatic carbocycles. The maximum Gasteiger partial charge on any atom is 0.191 e. The zero-order valence-electron chi connectivity index (χ0n) is 17.6. The predicted octanol–water partition coefficient (Wildman–Crippen LogP) is 0.0662. The van der Waals surface area contributed by atoms with Crippen LogP contribution in [-0.4, -0.2) is 90.1 Å². The van der Waals surface area contributed by atoms with E-state index in [-0.39, 0.29) is 6.54 Å². The van der Waals surface area contributed by atoms with Crippen molar-refractivity contribution < 1.29 is 5.11 Å². The molecule has 0 bridgehead atoms. The molecule has 8 heteroatoms. The summed E-state index contributed by atoms with van der Waals surface area (Å²) in [5.41, 5.74) is -0.268. The molecule has 1 saturated heterocycles. The second-order valence-corrected chi connectivity index (χ2v) is 7.96. The van der Waals surface area contributed by atoms with Crippen LogP contribution < -0.4 is 10.6 Å². The van der Waals surface area contributed by atoms with Gasteiger partial charge in [-0.2, -0.15) is 5.10 Å². The second kappa shape index (κ2) is 10.1. The van der Waals surface area contributed by atoms with Crippen molar-refractivity contribution in [3.8, 4) is 0 Å². The number of rotatable bonds is 8. The van der Waals surface area contributed by atoms with E-state index in [1.54, 1.807) is 17.8 Å². The molecule has 1 aliphatic rings. The monoisotopic (exact) mass is 379 g/mol. The number of likely N-dealkylation sites (N-methyl/N-ethyl adjacent to an activating group) is 1. The fourth-order valence-corrected chi connectivity index (χ4v) is 3.17. The van der Waals surface area contributed by atoms with Crippen LogP contribution in [0.3, 0.4) is 0 Å². The number of hydrogen-bond acceptors (Lipinski definition) is 5. The van der Waals surface area contributed by atoms with Gasteiger partial charge >= 0.3 is 0 Å². The van der Waals surface area contributed by atoms with Crippen LogP contribution in [-0.2, 0) is 12.6 Å². The highest BCUT2D eigenvalue weighted by Crippen LogP contribution is 2.19. The van der Waals surface area contributed by atoms with Crippen LogP contribution >= 0.6 is 0 Å². The average molecular weight is 380 g/mol. The number of piperazine rings is 1. The normalized spacial score (nSPS) is 20.3. The van der Waals surface area contributed by atoms with Crippen molar-refractivity contribution in [2.75, 3.05) is 59.4 Å². The third-order valence-electron chi connectivity index (χ3n) is 5.00. The Morgan fingerprint density at radius 3 is 2.59 bits per heavy atom. The van der Waals surface area contributed by atoms with Gasteiger partial charge in [-0.3, -0.25) is 4.68 Å². The lowest BCUT2D eigenvalue weighted by Gasteiger charge is -2.34. The van der Waals surface area contributed by atoms with Crippen molar-refractivity contribution in [2.45, 2.75) is 26.4 Å². The van der Waals surface area contributed by atoms with Gasteiger partial charge in [0.05, 0.1) is 12.7 Å². The van der Waals surface area contributed by atoms with Crippen molar-refractivity contribution in [2.24, 2.45) is 18.0 Å². The number of nitrogens with zero attached hydrogens (tertiary/aromatic N) is 5.